The predicted molar refractivity (Wildman–Crippen MR) is 86.0 cm³/mol. The number of amides is 1. The van der Waals surface area contributed by atoms with Crippen molar-refractivity contribution in [3.8, 4) is 5.75 Å². The van der Waals surface area contributed by atoms with E-state index in [1.54, 1.807) is 7.11 Å². The molecule has 1 aromatic carbocycles. The van der Waals surface area contributed by atoms with Crippen LogP contribution in [-0.4, -0.2) is 31.0 Å². The number of nitrogens with zero attached hydrogens (tertiary/aromatic N) is 1. The number of hydrogen-bond donors (Lipinski definition) is 0. The van der Waals surface area contributed by atoms with Crippen molar-refractivity contribution in [2.45, 2.75) is 46.0 Å². The van der Waals surface area contributed by atoms with Crippen LogP contribution in [0.4, 0.5) is 0 Å². The van der Waals surface area contributed by atoms with Gasteiger partial charge in [0, 0.05) is 13.1 Å². The first-order chi connectivity index (χ1) is 9.82. The molecule has 1 amide bonds. The number of carbonyl (C=O) groups is 1. The zero-order chi connectivity index (χ0) is 15.6. The van der Waals surface area contributed by atoms with Crippen molar-refractivity contribution in [1.29, 1.82) is 0 Å². The summed E-state index contributed by atoms with van der Waals surface area (Å²) in [5, 5.41) is 0. The molecule has 0 aliphatic carbocycles. The van der Waals surface area contributed by atoms with Crippen LogP contribution in [0.2, 0.25) is 0 Å². The summed E-state index contributed by atoms with van der Waals surface area (Å²) < 4.78 is 5.47. The van der Waals surface area contributed by atoms with Gasteiger partial charge in [0.05, 0.1) is 12.7 Å². The molecule has 0 N–H and O–H groups in total. The van der Waals surface area contributed by atoms with Gasteiger partial charge in [0.1, 0.15) is 5.75 Å². The number of piperidine rings is 1. The lowest BCUT2D eigenvalue weighted by Gasteiger charge is -2.31. The monoisotopic (exact) mass is 289 g/mol. The van der Waals surface area contributed by atoms with Crippen LogP contribution in [0.3, 0.4) is 0 Å². The van der Waals surface area contributed by atoms with Gasteiger partial charge in [0.15, 0.2) is 0 Å². The van der Waals surface area contributed by atoms with Crippen molar-refractivity contribution in [2.75, 3.05) is 20.2 Å². The molecule has 0 atom stereocenters. The van der Waals surface area contributed by atoms with Gasteiger partial charge >= 0.3 is 0 Å². The first kappa shape index (κ1) is 15.9. The Bertz CT molecular complexity index is 508. The van der Waals surface area contributed by atoms with Crippen molar-refractivity contribution < 1.29 is 9.53 Å². The van der Waals surface area contributed by atoms with Crippen molar-refractivity contribution in [2.24, 2.45) is 5.92 Å². The highest BCUT2D eigenvalue weighted by Gasteiger charge is 2.25. The van der Waals surface area contributed by atoms with Crippen molar-refractivity contribution >= 4 is 5.91 Å². The number of ether oxygens (including phenoxy) is 1. The van der Waals surface area contributed by atoms with E-state index >= 15 is 0 Å². The fraction of sp³-hybridized carbons (Fsp3) is 0.611. The van der Waals surface area contributed by atoms with E-state index in [2.05, 4.69) is 27.7 Å². The minimum Gasteiger partial charge on any atom is -0.496 e. The molecule has 0 unspecified atom stereocenters. The van der Waals surface area contributed by atoms with Crippen molar-refractivity contribution in [3.05, 3.63) is 29.3 Å². The average Bonchev–Trinajstić information content (AvgIpc) is 2.45. The molecule has 1 fully saturated rings. The van der Waals surface area contributed by atoms with Crippen molar-refractivity contribution in [3.63, 3.8) is 0 Å². The molecule has 3 nitrogen and oxygen atoms in total. The van der Waals surface area contributed by atoms with Gasteiger partial charge in [-0.3, -0.25) is 4.79 Å². The number of rotatable bonds is 2. The highest BCUT2D eigenvalue weighted by Crippen LogP contribution is 2.30. The van der Waals surface area contributed by atoms with Crippen LogP contribution in [0.15, 0.2) is 18.2 Å². The lowest BCUT2D eigenvalue weighted by molar-refractivity contribution is 0.0694. The van der Waals surface area contributed by atoms with Gasteiger partial charge in [-0.2, -0.15) is 0 Å². The molecule has 0 aromatic heterocycles. The van der Waals surface area contributed by atoms with Gasteiger partial charge in [0.2, 0.25) is 0 Å². The third-order valence-corrected chi connectivity index (χ3v) is 4.37. The third kappa shape index (κ3) is 3.58. The molecular weight excluding hydrogens is 262 g/mol. The first-order valence-corrected chi connectivity index (χ1v) is 7.80. The number of methoxy groups -OCH3 is 1. The molecule has 0 spiro atoms. The van der Waals surface area contributed by atoms with E-state index in [4.69, 9.17) is 4.74 Å². The standard InChI is InChI=1S/C18H27NO2/c1-13-8-10-19(11-9-13)17(20)15-7-6-14(18(2,3)4)12-16(15)21-5/h6-7,12-13H,8-11H2,1-5H3. The molecule has 2 rings (SSSR count). The van der Waals surface area contributed by atoms with E-state index in [1.165, 1.54) is 5.56 Å². The normalized spacial score (nSPS) is 16.9. The van der Waals surface area contributed by atoms with Crippen LogP contribution in [-0.2, 0) is 5.41 Å². The minimum atomic E-state index is 0.0510. The lowest BCUT2D eigenvalue weighted by Crippen LogP contribution is -2.38. The Morgan fingerprint density at radius 1 is 1.24 bits per heavy atom. The molecule has 1 saturated heterocycles. The Kier molecular flexibility index (Phi) is 4.60. The summed E-state index contributed by atoms with van der Waals surface area (Å²) in [7, 11) is 1.64. The summed E-state index contributed by atoms with van der Waals surface area (Å²) in [5.74, 6) is 1.50. The summed E-state index contributed by atoms with van der Waals surface area (Å²) >= 11 is 0. The molecule has 116 valence electrons. The van der Waals surface area contributed by atoms with Gasteiger partial charge in [-0.05, 0) is 41.9 Å². The molecular formula is C18H27NO2. The van der Waals surface area contributed by atoms with Gasteiger partial charge in [-0.25, -0.2) is 0 Å². The number of hydrogen-bond acceptors (Lipinski definition) is 2. The third-order valence-electron chi connectivity index (χ3n) is 4.37. The number of benzene rings is 1. The quantitative estimate of drug-likeness (QED) is 0.827. The van der Waals surface area contributed by atoms with Crippen LogP contribution in [0, 0.1) is 5.92 Å². The topological polar surface area (TPSA) is 29.5 Å². The van der Waals surface area contributed by atoms with Crippen LogP contribution >= 0.6 is 0 Å². The maximum atomic E-state index is 12.7. The summed E-state index contributed by atoms with van der Waals surface area (Å²) in [6.07, 6.45) is 2.18. The number of carbonyl (C=O) groups excluding carboxylic acids is 1. The maximum absolute atomic E-state index is 12.7. The summed E-state index contributed by atoms with van der Waals surface area (Å²) in [4.78, 5) is 14.6. The molecule has 1 aromatic rings. The Morgan fingerprint density at radius 2 is 1.86 bits per heavy atom. The zero-order valence-electron chi connectivity index (χ0n) is 13.9. The molecule has 21 heavy (non-hydrogen) atoms. The van der Waals surface area contributed by atoms with Gasteiger partial charge in [0.25, 0.3) is 5.91 Å². The van der Waals surface area contributed by atoms with E-state index in [9.17, 15) is 4.79 Å². The van der Waals surface area contributed by atoms with Gasteiger partial charge in [-0.1, -0.05) is 33.8 Å². The first-order valence-electron chi connectivity index (χ1n) is 7.80. The fourth-order valence-corrected chi connectivity index (χ4v) is 2.72. The van der Waals surface area contributed by atoms with Gasteiger partial charge in [-0.15, -0.1) is 0 Å². The second kappa shape index (κ2) is 6.08. The Labute approximate surface area is 128 Å². The van der Waals surface area contributed by atoms with E-state index in [0.29, 0.717) is 11.3 Å². The predicted octanol–water partition coefficient (Wildman–Crippen LogP) is 3.86. The van der Waals surface area contributed by atoms with E-state index in [0.717, 1.165) is 31.8 Å². The Hall–Kier alpha value is -1.51. The number of likely N-dealkylation sites (tertiary alicyclic amines) is 1. The van der Waals surface area contributed by atoms with Crippen LogP contribution in [0.5, 0.6) is 5.75 Å². The highest BCUT2D eigenvalue weighted by molar-refractivity contribution is 5.97. The van der Waals surface area contributed by atoms with Crippen molar-refractivity contribution in [1.82, 2.24) is 4.90 Å². The average molecular weight is 289 g/mol. The molecule has 1 aliphatic rings. The molecule has 1 aliphatic heterocycles. The van der Waals surface area contributed by atoms with E-state index in [1.807, 2.05) is 23.1 Å². The van der Waals surface area contributed by atoms with E-state index < -0.39 is 0 Å². The van der Waals surface area contributed by atoms with Crippen LogP contribution < -0.4 is 4.74 Å². The SMILES string of the molecule is COc1cc(C(C)(C)C)ccc1C(=O)N1CCC(C)CC1. The lowest BCUT2D eigenvalue weighted by atomic mass is 9.86. The van der Waals surface area contributed by atoms with Crippen LogP contribution in [0.25, 0.3) is 0 Å². The summed E-state index contributed by atoms with van der Waals surface area (Å²) in [5.41, 5.74) is 1.92. The molecule has 0 saturated carbocycles. The largest absolute Gasteiger partial charge is 0.496 e. The van der Waals surface area contributed by atoms with E-state index in [-0.39, 0.29) is 11.3 Å². The molecule has 0 radical (unpaired) electrons. The highest BCUT2D eigenvalue weighted by atomic mass is 16.5. The summed E-state index contributed by atoms with van der Waals surface area (Å²) in [6, 6.07) is 5.96. The molecule has 3 heteroatoms. The molecule has 1 heterocycles. The van der Waals surface area contributed by atoms with Gasteiger partial charge < -0.3 is 9.64 Å². The second-order valence-electron chi connectivity index (χ2n) is 7.14. The smallest absolute Gasteiger partial charge is 0.257 e. The Morgan fingerprint density at radius 3 is 2.38 bits per heavy atom. The minimum absolute atomic E-state index is 0.0510. The zero-order valence-corrected chi connectivity index (χ0v) is 13.9. The maximum Gasteiger partial charge on any atom is 0.257 e. The molecule has 0 bridgehead atoms. The second-order valence-corrected chi connectivity index (χ2v) is 7.14. The Balaban J connectivity index is 2.25. The fourth-order valence-electron chi connectivity index (χ4n) is 2.72. The summed E-state index contributed by atoms with van der Waals surface area (Å²) in [6.45, 7) is 10.4. The van der Waals surface area contributed by atoms with Crippen LogP contribution in [0.1, 0.15) is 56.5 Å².